The number of aliphatic imine (C=N–C) groups is 1. The molecule has 0 bridgehead atoms. The van der Waals surface area contributed by atoms with Gasteiger partial charge in [-0.05, 0) is 13.0 Å². The van der Waals surface area contributed by atoms with Crippen molar-refractivity contribution >= 4 is 40.0 Å². The monoisotopic (exact) mass is 482 g/mol. The Morgan fingerprint density at radius 3 is 2.64 bits per heavy atom. The van der Waals surface area contributed by atoms with Crippen LogP contribution >= 0.6 is 24.0 Å². The largest absolute Gasteiger partial charge is 0.489 e. The van der Waals surface area contributed by atoms with Gasteiger partial charge in [0, 0.05) is 25.2 Å². The van der Waals surface area contributed by atoms with Gasteiger partial charge < -0.3 is 15.4 Å². The molecule has 0 aliphatic rings. The SMILES string of the molecule is C=CCOc1ccccc1CN=C(NCC)NCCNS(C)(=O)=O.I. The number of halogens is 1. The molecule has 0 spiro atoms. The number of guanidine groups is 1. The molecule has 1 rings (SSSR count). The molecule has 0 aliphatic carbocycles. The number of benzene rings is 1. The van der Waals surface area contributed by atoms with Crippen LogP contribution in [-0.4, -0.2) is 46.9 Å². The average Bonchev–Trinajstić information content (AvgIpc) is 2.54. The van der Waals surface area contributed by atoms with E-state index in [1.165, 1.54) is 0 Å². The smallest absolute Gasteiger partial charge is 0.208 e. The van der Waals surface area contributed by atoms with Crippen LogP contribution in [0, 0.1) is 0 Å². The van der Waals surface area contributed by atoms with Crippen molar-refractivity contribution in [3.05, 3.63) is 42.5 Å². The Morgan fingerprint density at radius 1 is 1.28 bits per heavy atom. The number of rotatable bonds is 10. The summed E-state index contributed by atoms with van der Waals surface area (Å²) in [5, 5.41) is 6.20. The lowest BCUT2D eigenvalue weighted by atomic mass is 10.2. The van der Waals surface area contributed by atoms with E-state index in [4.69, 9.17) is 4.74 Å². The van der Waals surface area contributed by atoms with Crippen LogP contribution in [0.5, 0.6) is 5.75 Å². The third-order valence-electron chi connectivity index (χ3n) is 2.86. The Bertz CT molecular complexity index is 651. The van der Waals surface area contributed by atoms with Crippen LogP contribution < -0.4 is 20.1 Å². The van der Waals surface area contributed by atoms with Crippen molar-refractivity contribution in [2.75, 3.05) is 32.5 Å². The summed E-state index contributed by atoms with van der Waals surface area (Å²) in [7, 11) is -3.18. The Balaban J connectivity index is 0.00000576. The van der Waals surface area contributed by atoms with Crippen LogP contribution in [0.2, 0.25) is 0 Å². The van der Waals surface area contributed by atoms with Gasteiger partial charge >= 0.3 is 0 Å². The van der Waals surface area contributed by atoms with Crippen molar-refractivity contribution in [3.63, 3.8) is 0 Å². The van der Waals surface area contributed by atoms with Gasteiger partial charge in [-0.1, -0.05) is 30.9 Å². The minimum absolute atomic E-state index is 0. The molecule has 142 valence electrons. The molecule has 0 radical (unpaired) electrons. The quantitative estimate of drug-likeness (QED) is 0.155. The van der Waals surface area contributed by atoms with Gasteiger partial charge in [0.05, 0.1) is 12.8 Å². The Morgan fingerprint density at radius 2 is 2.00 bits per heavy atom. The van der Waals surface area contributed by atoms with Gasteiger partial charge in [-0.3, -0.25) is 0 Å². The minimum atomic E-state index is -3.18. The maximum Gasteiger partial charge on any atom is 0.208 e. The summed E-state index contributed by atoms with van der Waals surface area (Å²) >= 11 is 0. The standard InChI is InChI=1S/C16H26N4O3S.HI/c1-4-12-23-15-9-7-6-8-14(15)13-19-16(17-5-2)18-10-11-20-24(3,21)22;/h4,6-9,20H,1,5,10-13H2,2-3H3,(H2,17,18,19);1H. The summed E-state index contributed by atoms with van der Waals surface area (Å²) < 4.78 is 30.1. The number of nitrogens with one attached hydrogen (secondary N) is 3. The number of sulfonamides is 1. The molecule has 0 saturated heterocycles. The van der Waals surface area contributed by atoms with Crippen molar-refractivity contribution in [1.29, 1.82) is 0 Å². The third-order valence-corrected chi connectivity index (χ3v) is 3.59. The van der Waals surface area contributed by atoms with Gasteiger partial charge in [0.1, 0.15) is 12.4 Å². The first-order chi connectivity index (χ1) is 11.5. The van der Waals surface area contributed by atoms with E-state index in [0.717, 1.165) is 17.6 Å². The van der Waals surface area contributed by atoms with Crippen LogP contribution in [-0.2, 0) is 16.6 Å². The first kappa shape index (κ1) is 23.7. The Hall–Kier alpha value is -1.33. The van der Waals surface area contributed by atoms with Crippen molar-refractivity contribution < 1.29 is 13.2 Å². The molecule has 7 nitrogen and oxygen atoms in total. The summed E-state index contributed by atoms with van der Waals surface area (Å²) in [4.78, 5) is 4.50. The fraction of sp³-hybridized carbons (Fsp3) is 0.438. The Kier molecular flexibility index (Phi) is 12.3. The minimum Gasteiger partial charge on any atom is -0.489 e. The lowest BCUT2D eigenvalue weighted by molar-refractivity contribution is 0.359. The summed E-state index contributed by atoms with van der Waals surface area (Å²) in [5.74, 6) is 1.39. The fourth-order valence-electron chi connectivity index (χ4n) is 1.85. The normalized spacial score (nSPS) is 11.4. The van der Waals surface area contributed by atoms with Crippen molar-refractivity contribution in [2.24, 2.45) is 4.99 Å². The van der Waals surface area contributed by atoms with Gasteiger partial charge in [-0.25, -0.2) is 18.1 Å². The third kappa shape index (κ3) is 11.0. The van der Waals surface area contributed by atoms with Crippen LogP contribution in [0.4, 0.5) is 0 Å². The van der Waals surface area contributed by atoms with Gasteiger partial charge in [-0.2, -0.15) is 0 Å². The zero-order valence-corrected chi connectivity index (χ0v) is 17.8. The number of nitrogens with zero attached hydrogens (tertiary/aromatic N) is 1. The summed E-state index contributed by atoms with van der Waals surface area (Å²) in [6.45, 7) is 7.93. The highest BCUT2D eigenvalue weighted by Gasteiger charge is 2.04. The molecule has 0 unspecified atom stereocenters. The zero-order chi connectivity index (χ0) is 17.8. The topological polar surface area (TPSA) is 91.8 Å². The van der Waals surface area contributed by atoms with Crippen LogP contribution in [0.25, 0.3) is 0 Å². The molecule has 0 amide bonds. The van der Waals surface area contributed by atoms with E-state index in [9.17, 15) is 8.42 Å². The summed E-state index contributed by atoms with van der Waals surface area (Å²) in [6.07, 6.45) is 2.83. The Labute approximate surface area is 167 Å². The van der Waals surface area contributed by atoms with E-state index in [0.29, 0.717) is 38.7 Å². The van der Waals surface area contributed by atoms with E-state index in [2.05, 4.69) is 26.9 Å². The molecule has 0 heterocycles. The van der Waals surface area contributed by atoms with Crippen molar-refractivity contribution in [2.45, 2.75) is 13.5 Å². The predicted octanol–water partition coefficient (Wildman–Crippen LogP) is 1.47. The van der Waals surface area contributed by atoms with Gasteiger partial charge in [0.15, 0.2) is 5.96 Å². The molecule has 25 heavy (non-hydrogen) atoms. The second-order valence-electron chi connectivity index (χ2n) is 5.00. The maximum absolute atomic E-state index is 11.0. The highest BCUT2D eigenvalue weighted by Crippen LogP contribution is 2.18. The molecule has 0 fully saturated rings. The molecule has 1 aromatic carbocycles. The molecule has 3 N–H and O–H groups in total. The number of hydrogen-bond donors (Lipinski definition) is 3. The second kappa shape index (κ2) is 13.0. The number of hydrogen-bond acceptors (Lipinski definition) is 4. The highest BCUT2D eigenvalue weighted by atomic mass is 127. The van der Waals surface area contributed by atoms with Gasteiger partial charge in [0.2, 0.25) is 10.0 Å². The van der Waals surface area contributed by atoms with Crippen LogP contribution in [0.3, 0.4) is 0 Å². The van der Waals surface area contributed by atoms with Crippen molar-refractivity contribution in [3.8, 4) is 5.75 Å². The van der Waals surface area contributed by atoms with E-state index >= 15 is 0 Å². The molecule has 0 saturated carbocycles. The van der Waals surface area contributed by atoms with E-state index < -0.39 is 10.0 Å². The van der Waals surface area contributed by atoms with Crippen LogP contribution in [0.1, 0.15) is 12.5 Å². The fourth-order valence-corrected chi connectivity index (χ4v) is 2.32. The molecule has 0 aromatic heterocycles. The summed E-state index contributed by atoms with van der Waals surface area (Å²) in [6, 6.07) is 7.69. The highest BCUT2D eigenvalue weighted by molar-refractivity contribution is 14.0. The molecule has 0 aliphatic heterocycles. The van der Waals surface area contributed by atoms with E-state index in [-0.39, 0.29) is 24.0 Å². The van der Waals surface area contributed by atoms with Gasteiger partial charge in [-0.15, -0.1) is 24.0 Å². The first-order valence-corrected chi connectivity index (χ1v) is 9.63. The first-order valence-electron chi connectivity index (χ1n) is 7.74. The molecular weight excluding hydrogens is 455 g/mol. The van der Waals surface area contributed by atoms with E-state index in [1.54, 1.807) is 6.08 Å². The molecular formula is C16H27IN4O3S. The second-order valence-corrected chi connectivity index (χ2v) is 6.83. The maximum atomic E-state index is 11.0. The zero-order valence-electron chi connectivity index (χ0n) is 14.6. The molecule has 9 heteroatoms. The number of para-hydroxylation sites is 1. The lowest BCUT2D eigenvalue weighted by Crippen LogP contribution is -2.41. The summed E-state index contributed by atoms with van der Waals surface area (Å²) in [5.41, 5.74) is 0.964. The molecule has 0 atom stereocenters. The number of ether oxygens (including phenoxy) is 1. The molecule has 1 aromatic rings. The van der Waals surface area contributed by atoms with E-state index in [1.807, 2.05) is 31.2 Å². The predicted molar refractivity (Wildman–Crippen MR) is 113 cm³/mol. The average molecular weight is 482 g/mol. The van der Waals surface area contributed by atoms with Gasteiger partial charge in [0.25, 0.3) is 0 Å². The lowest BCUT2D eigenvalue weighted by Gasteiger charge is -2.12. The van der Waals surface area contributed by atoms with Crippen molar-refractivity contribution in [1.82, 2.24) is 15.4 Å². The van der Waals surface area contributed by atoms with Crippen LogP contribution in [0.15, 0.2) is 41.9 Å².